The van der Waals surface area contributed by atoms with Crippen molar-refractivity contribution in [3.05, 3.63) is 27.8 Å². The molecule has 0 fully saturated rings. The first-order chi connectivity index (χ1) is 12.6. The molecule has 1 rings (SSSR count). The number of ether oxygens (including phenoxy) is 2. The molecule has 0 aliphatic carbocycles. The molecule has 0 saturated heterocycles. The Morgan fingerprint density at radius 3 is 2.48 bits per heavy atom. The number of rotatable bonds is 12. The molecule has 0 radical (unpaired) electrons. The van der Waals surface area contributed by atoms with Gasteiger partial charge in [0, 0.05) is 18.7 Å². The summed E-state index contributed by atoms with van der Waals surface area (Å²) in [6, 6.07) is 2.35. The number of halogens is 2. The molecule has 10 heteroatoms. The fraction of sp³-hybridized carbons (Fsp3) is 0.588. The van der Waals surface area contributed by atoms with Crippen molar-refractivity contribution >= 4 is 11.7 Å². The molecule has 27 heavy (non-hydrogen) atoms. The van der Waals surface area contributed by atoms with Crippen LogP contribution in [-0.4, -0.2) is 42.7 Å². The third-order valence-electron chi connectivity index (χ3n) is 3.74. The molecule has 0 aliphatic heterocycles. The number of carbonyl (C=O) groups is 1. The third-order valence-corrected chi connectivity index (χ3v) is 3.74. The Balaban J connectivity index is 2.95. The lowest BCUT2D eigenvalue weighted by atomic mass is 9.97. The minimum absolute atomic E-state index is 0.0175. The van der Waals surface area contributed by atoms with E-state index in [9.17, 15) is 28.8 Å². The molecule has 0 spiro atoms. The molecule has 1 atom stereocenters. The van der Waals surface area contributed by atoms with E-state index in [2.05, 4.69) is 5.32 Å². The van der Waals surface area contributed by atoms with Crippen molar-refractivity contribution in [1.29, 1.82) is 0 Å². The third kappa shape index (κ3) is 7.33. The Bertz CT molecular complexity index is 655. The molecular formula is C17H24F2N2O6. The summed E-state index contributed by atoms with van der Waals surface area (Å²) in [4.78, 5) is 21.9. The van der Waals surface area contributed by atoms with Crippen molar-refractivity contribution < 1.29 is 33.1 Å². The summed E-state index contributed by atoms with van der Waals surface area (Å²) >= 11 is 0. The number of nitrogens with zero attached hydrogens (tertiary/aromatic N) is 1. The molecule has 2 N–H and O–H groups in total. The molecule has 0 amide bonds. The number of carboxylic acid groups (broad SMARTS) is 1. The van der Waals surface area contributed by atoms with Crippen LogP contribution in [0.5, 0.6) is 11.5 Å². The maximum atomic E-state index is 12.3. The van der Waals surface area contributed by atoms with Crippen LogP contribution in [0.2, 0.25) is 0 Å². The van der Waals surface area contributed by atoms with Gasteiger partial charge in [0.25, 0.3) is 12.1 Å². The normalized spacial score (nSPS) is 12.3. The van der Waals surface area contributed by atoms with Crippen LogP contribution >= 0.6 is 0 Å². The quantitative estimate of drug-likeness (QED) is 0.417. The molecule has 0 bridgehead atoms. The minimum atomic E-state index is -2.73. The van der Waals surface area contributed by atoms with Gasteiger partial charge in [0.2, 0.25) is 0 Å². The molecule has 8 nitrogen and oxygen atoms in total. The van der Waals surface area contributed by atoms with Crippen LogP contribution < -0.4 is 14.8 Å². The van der Waals surface area contributed by atoms with Crippen molar-refractivity contribution in [3.8, 4) is 11.5 Å². The monoisotopic (exact) mass is 390 g/mol. The summed E-state index contributed by atoms with van der Waals surface area (Å²) in [5, 5.41) is 23.4. The smallest absolute Gasteiger partial charge is 0.307 e. The van der Waals surface area contributed by atoms with E-state index in [1.165, 1.54) is 13.2 Å². The van der Waals surface area contributed by atoms with E-state index in [1.807, 2.05) is 13.8 Å². The van der Waals surface area contributed by atoms with Gasteiger partial charge in [0.05, 0.1) is 24.0 Å². The maximum absolute atomic E-state index is 12.3. The summed E-state index contributed by atoms with van der Waals surface area (Å²) in [6.45, 7) is 3.05. The summed E-state index contributed by atoms with van der Waals surface area (Å²) in [5.41, 5.74) is -0.0989. The van der Waals surface area contributed by atoms with Gasteiger partial charge in [-0.15, -0.1) is 0 Å². The zero-order chi connectivity index (χ0) is 20.6. The lowest BCUT2D eigenvalue weighted by molar-refractivity contribution is -0.385. The van der Waals surface area contributed by atoms with Crippen LogP contribution in [0.15, 0.2) is 12.1 Å². The predicted molar refractivity (Wildman–Crippen MR) is 93.4 cm³/mol. The Labute approximate surface area is 155 Å². The molecule has 1 unspecified atom stereocenters. The Kier molecular flexibility index (Phi) is 8.86. The zero-order valence-corrected chi connectivity index (χ0v) is 15.4. The summed E-state index contributed by atoms with van der Waals surface area (Å²) in [5.74, 6) is -1.46. The first-order valence-corrected chi connectivity index (χ1v) is 8.35. The lowest BCUT2D eigenvalue weighted by Gasteiger charge is -2.16. The van der Waals surface area contributed by atoms with Crippen molar-refractivity contribution in [1.82, 2.24) is 5.32 Å². The van der Waals surface area contributed by atoms with Crippen LogP contribution in [0.25, 0.3) is 0 Å². The van der Waals surface area contributed by atoms with Gasteiger partial charge in [-0.25, -0.2) is 8.78 Å². The van der Waals surface area contributed by atoms with E-state index in [-0.39, 0.29) is 41.8 Å². The van der Waals surface area contributed by atoms with E-state index in [4.69, 9.17) is 9.47 Å². The molecule has 1 aromatic rings. The SMILES string of the molecule is COc1cc(CNCC(CC(C)C)C(=O)O)c([N+](=O)[O-])cc1OCC(F)F. The molecule has 0 aromatic heterocycles. The minimum Gasteiger partial charge on any atom is -0.493 e. The highest BCUT2D eigenvalue weighted by Crippen LogP contribution is 2.35. The highest BCUT2D eigenvalue weighted by Gasteiger charge is 2.22. The predicted octanol–water partition coefficient (Wildman–Crippen LogP) is 3.08. The number of hydrogen-bond donors (Lipinski definition) is 2. The second-order valence-electron chi connectivity index (χ2n) is 6.39. The van der Waals surface area contributed by atoms with Crippen molar-refractivity contribution in [2.24, 2.45) is 11.8 Å². The molecule has 0 heterocycles. The highest BCUT2D eigenvalue weighted by molar-refractivity contribution is 5.70. The van der Waals surface area contributed by atoms with E-state index in [0.29, 0.717) is 6.42 Å². The van der Waals surface area contributed by atoms with Crippen molar-refractivity contribution in [2.75, 3.05) is 20.3 Å². The fourth-order valence-electron chi connectivity index (χ4n) is 2.55. The first-order valence-electron chi connectivity index (χ1n) is 8.35. The van der Waals surface area contributed by atoms with Crippen LogP contribution in [0.1, 0.15) is 25.8 Å². The zero-order valence-electron chi connectivity index (χ0n) is 15.4. The molecule has 0 aliphatic rings. The van der Waals surface area contributed by atoms with Gasteiger partial charge >= 0.3 is 5.97 Å². The largest absolute Gasteiger partial charge is 0.493 e. The molecular weight excluding hydrogens is 366 g/mol. The maximum Gasteiger partial charge on any atom is 0.307 e. The second kappa shape index (κ2) is 10.6. The standard InChI is InChI=1S/C17H24F2N2O6/c1-10(2)4-12(17(22)23)8-20-7-11-5-14(26-3)15(27-9-16(18)19)6-13(11)21(24)25/h5-6,10,12,16,20H,4,7-9H2,1-3H3,(H,22,23). The van der Waals surface area contributed by atoms with Gasteiger partial charge in [-0.3, -0.25) is 14.9 Å². The Morgan fingerprint density at radius 1 is 1.33 bits per heavy atom. The lowest BCUT2D eigenvalue weighted by Crippen LogP contribution is -2.29. The van der Waals surface area contributed by atoms with Gasteiger partial charge in [0.1, 0.15) is 6.61 Å². The van der Waals surface area contributed by atoms with Gasteiger partial charge in [-0.05, 0) is 18.4 Å². The summed E-state index contributed by atoms with van der Waals surface area (Å²) in [7, 11) is 1.29. The van der Waals surface area contributed by atoms with Gasteiger partial charge < -0.3 is 19.9 Å². The summed E-state index contributed by atoms with van der Waals surface area (Å²) < 4.78 is 34.6. The average Bonchev–Trinajstić information content (AvgIpc) is 2.58. The second-order valence-corrected chi connectivity index (χ2v) is 6.39. The number of nitro benzene ring substituents is 1. The van der Waals surface area contributed by atoms with Gasteiger partial charge in [0.15, 0.2) is 11.5 Å². The number of hydrogen-bond acceptors (Lipinski definition) is 6. The Hall–Kier alpha value is -2.49. The topological polar surface area (TPSA) is 111 Å². The van der Waals surface area contributed by atoms with Crippen LogP contribution in [0, 0.1) is 22.0 Å². The first kappa shape index (κ1) is 22.6. The van der Waals surface area contributed by atoms with Crippen LogP contribution in [0.3, 0.4) is 0 Å². The average molecular weight is 390 g/mol. The van der Waals surface area contributed by atoms with Crippen molar-refractivity contribution in [2.45, 2.75) is 33.2 Å². The van der Waals surface area contributed by atoms with E-state index in [0.717, 1.165) is 6.07 Å². The van der Waals surface area contributed by atoms with E-state index in [1.54, 1.807) is 0 Å². The van der Waals surface area contributed by atoms with Crippen LogP contribution in [-0.2, 0) is 11.3 Å². The molecule has 0 saturated carbocycles. The number of nitrogens with one attached hydrogen (secondary N) is 1. The Morgan fingerprint density at radius 2 is 2.00 bits per heavy atom. The highest BCUT2D eigenvalue weighted by atomic mass is 19.3. The number of carboxylic acids is 1. The van der Waals surface area contributed by atoms with Crippen LogP contribution in [0.4, 0.5) is 14.5 Å². The number of benzene rings is 1. The summed E-state index contributed by atoms with van der Waals surface area (Å²) in [6.07, 6.45) is -2.27. The van der Waals surface area contributed by atoms with Gasteiger partial charge in [-0.2, -0.15) is 0 Å². The van der Waals surface area contributed by atoms with E-state index >= 15 is 0 Å². The van der Waals surface area contributed by atoms with Crippen molar-refractivity contribution in [3.63, 3.8) is 0 Å². The molecule has 1 aromatic carbocycles. The number of nitro groups is 1. The number of aliphatic carboxylic acids is 1. The van der Waals surface area contributed by atoms with Gasteiger partial charge in [-0.1, -0.05) is 13.8 Å². The molecule has 152 valence electrons. The number of methoxy groups -OCH3 is 1. The van der Waals surface area contributed by atoms with E-state index < -0.39 is 29.8 Å². The number of alkyl halides is 2. The fourth-order valence-corrected chi connectivity index (χ4v) is 2.55.